The van der Waals surface area contributed by atoms with E-state index >= 15 is 0 Å². The predicted molar refractivity (Wildman–Crippen MR) is 217 cm³/mol. The summed E-state index contributed by atoms with van der Waals surface area (Å²) in [6.45, 7) is 2.64. The molecule has 3 amide bonds. The van der Waals surface area contributed by atoms with Crippen LogP contribution in [-0.2, 0) is 28.5 Å². The molecule has 15 nitrogen and oxygen atoms in total. The highest BCUT2D eigenvalue weighted by Crippen LogP contribution is 2.45. The number of methoxy groups -OCH3 is 2. The number of para-hydroxylation sites is 1. The van der Waals surface area contributed by atoms with E-state index in [2.05, 4.69) is 26.2 Å². The summed E-state index contributed by atoms with van der Waals surface area (Å²) in [7, 11) is 6.75. The minimum atomic E-state index is -0.545. The lowest BCUT2D eigenvalue weighted by atomic mass is 9.91. The number of nitrogens with zero attached hydrogens (tertiary/aromatic N) is 7. The standard InChI is InChI=1S/C43H48N8O7/c1-46-23-30(28-21-31(25-11-12-25)44-22-29(28)42(46)55)40(39-34(57-3)9-6-10-35(39)58-4)49-17-18-50(38(54)24-49)26-13-15-48(16-14-26)32-7-5-8-33-41(32)47(2)43(56)51(33)27-19-36(52)45-37(53)20-27/h5-10,21-23,25-27,40H,11-20,24H2,1-4H3,(H,45,52,53). The van der Waals surface area contributed by atoms with E-state index in [1.54, 1.807) is 48.2 Å². The molecule has 1 atom stereocenters. The summed E-state index contributed by atoms with van der Waals surface area (Å²) in [4.78, 5) is 77.1. The van der Waals surface area contributed by atoms with E-state index in [0.29, 0.717) is 54.5 Å². The molecule has 15 heteroatoms. The summed E-state index contributed by atoms with van der Waals surface area (Å²) in [5.41, 5.74) is 4.63. The molecule has 3 saturated heterocycles. The second kappa shape index (κ2) is 14.8. The van der Waals surface area contributed by atoms with Gasteiger partial charge >= 0.3 is 5.69 Å². The minimum absolute atomic E-state index is 0.0330. The van der Waals surface area contributed by atoms with Crippen molar-refractivity contribution >= 4 is 45.2 Å². The summed E-state index contributed by atoms with van der Waals surface area (Å²) in [5, 5.41) is 3.69. The van der Waals surface area contributed by atoms with E-state index < -0.39 is 12.1 Å². The molecule has 9 rings (SSSR count). The molecular weight excluding hydrogens is 741 g/mol. The van der Waals surface area contributed by atoms with Crippen molar-refractivity contribution in [3.8, 4) is 11.5 Å². The number of hydrogen-bond donors (Lipinski definition) is 1. The fourth-order valence-electron chi connectivity index (χ4n) is 9.61. The van der Waals surface area contributed by atoms with Crippen molar-refractivity contribution in [3.63, 3.8) is 0 Å². The number of pyridine rings is 2. The number of fused-ring (bicyclic) bond motifs is 2. The monoisotopic (exact) mass is 788 g/mol. The van der Waals surface area contributed by atoms with Gasteiger partial charge < -0.3 is 23.8 Å². The Morgan fingerprint density at radius 1 is 0.810 bits per heavy atom. The lowest BCUT2D eigenvalue weighted by molar-refractivity contribution is -0.140. The van der Waals surface area contributed by atoms with Gasteiger partial charge in [-0.05, 0) is 67.0 Å². The number of piperidine rings is 2. The predicted octanol–water partition coefficient (Wildman–Crippen LogP) is 3.36. The maximum absolute atomic E-state index is 14.4. The number of benzene rings is 2. The Kier molecular flexibility index (Phi) is 9.57. The number of anilines is 1. The number of rotatable bonds is 9. The van der Waals surface area contributed by atoms with Crippen LogP contribution in [0.3, 0.4) is 0 Å². The molecule has 1 N–H and O–H groups in total. The van der Waals surface area contributed by atoms with Gasteiger partial charge in [0.25, 0.3) is 5.56 Å². The molecule has 0 radical (unpaired) electrons. The SMILES string of the molecule is COc1cccc(OC)c1C(c1cn(C)c(=O)c2cnc(C3CC3)cc12)N1CCN(C2CCN(c3cccc4c3n(C)c(=O)n4C3CC(=O)NC(=O)C3)CC2)C(=O)C1. The quantitative estimate of drug-likeness (QED) is 0.220. The lowest BCUT2D eigenvalue weighted by Crippen LogP contribution is -2.57. The number of carbonyl (C=O) groups excluding carboxylic acids is 3. The first-order valence-corrected chi connectivity index (χ1v) is 20.1. The number of imidazole rings is 1. The first kappa shape index (κ1) is 37.6. The van der Waals surface area contributed by atoms with Crippen LogP contribution in [-0.4, -0.2) is 99.2 Å². The molecule has 3 aliphatic heterocycles. The molecule has 6 heterocycles. The van der Waals surface area contributed by atoms with E-state index in [1.807, 2.05) is 47.5 Å². The molecule has 3 aromatic heterocycles. The largest absolute Gasteiger partial charge is 0.496 e. The summed E-state index contributed by atoms with van der Waals surface area (Å²) in [6.07, 6.45) is 7.37. The van der Waals surface area contributed by atoms with Gasteiger partial charge in [-0.15, -0.1) is 0 Å². The van der Waals surface area contributed by atoms with Gasteiger partial charge in [0.1, 0.15) is 11.5 Å². The fraction of sp³-hybridized carbons (Fsp3) is 0.442. The molecule has 4 aliphatic rings. The van der Waals surface area contributed by atoms with Gasteiger partial charge in [-0.2, -0.15) is 0 Å². The highest BCUT2D eigenvalue weighted by atomic mass is 16.5. The van der Waals surface area contributed by atoms with Gasteiger partial charge in [-0.3, -0.25) is 43.5 Å². The van der Waals surface area contributed by atoms with Crippen LogP contribution in [0.4, 0.5) is 5.69 Å². The maximum Gasteiger partial charge on any atom is 0.329 e. The topological polar surface area (TPSA) is 153 Å². The van der Waals surface area contributed by atoms with E-state index in [0.717, 1.165) is 59.1 Å². The first-order chi connectivity index (χ1) is 28.1. The van der Waals surface area contributed by atoms with Gasteiger partial charge in [0, 0.05) is 83.2 Å². The van der Waals surface area contributed by atoms with Gasteiger partial charge in [-0.25, -0.2) is 4.79 Å². The Morgan fingerprint density at radius 3 is 2.16 bits per heavy atom. The average molecular weight is 789 g/mol. The van der Waals surface area contributed by atoms with E-state index in [1.165, 1.54) is 0 Å². The van der Waals surface area contributed by atoms with Crippen LogP contribution in [0.1, 0.15) is 73.3 Å². The van der Waals surface area contributed by atoms with Crippen LogP contribution in [0.25, 0.3) is 21.8 Å². The van der Waals surface area contributed by atoms with Crippen molar-refractivity contribution in [2.45, 2.75) is 62.6 Å². The van der Waals surface area contributed by atoms with Crippen LogP contribution >= 0.6 is 0 Å². The first-order valence-electron chi connectivity index (χ1n) is 20.1. The molecule has 302 valence electrons. The molecule has 2 aromatic carbocycles. The Hall–Kier alpha value is -5.96. The molecule has 1 saturated carbocycles. The Bertz CT molecular complexity index is 2560. The summed E-state index contributed by atoms with van der Waals surface area (Å²) >= 11 is 0. The highest BCUT2D eigenvalue weighted by molar-refractivity contribution is 5.98. The number of ether oxygens (including phenoxy) is 2. The Balaban J connectivity index is 0.988. The van der Waals surface area contributed by atoms with E-state index in [4.69, 9.17) is 9.47 Å². The molecule has 1 unspecified atom stereocenters. The van der Waals surface area contributed by atoms with Crippen molar-refractivity contribution in [3.05, 3.63) is 92.5 Å². The third kappa shape index (κ3) is 6.41. The molecule has 58 heavy (non-hydrogen) atoms. The second-order valence-corrected chi connectivity index (χ2v) is 16.1. The van der Waals surface area contributed by atoms with Crippen LogP contribution in [0, 0.1) is 0 Å². The third-order valence-electron chi connectivity index (χ3n) is 12.6. The van der Waals surface area contributed by atoms with Crippen LogP contribution < -0.4 is 30.9 Å². The number of piperazine rings is 1. The normalized spacial score (nSPS) is 19.3. The van der Waals surface area contributed by atoms with Crippen molar-refractivity contribution in [2.24, 2.45) is 14.1 Å². The van der Waals surface area contributed by atoms with Crippen LogP contribution in [0.15, 0.2) is 64.4 Å². The summed E-state index contributed by atoms with van der Waals surface area (Å²) in [5.74, 6) is 0.918. The van der Waals surface area contributed by atoms with Gasteiger partial charge in [-0.1, -0.05) is 12.1 Å². The third-order valence-corrected chi connectivity index (χ3v) is 12.6. The van der Waals surface area contributed by atoms with Crippen LogP contribution in [0.2, 0.25) is 0 Å². The smallest absolute Gasteiger partial charge is 0.329 e. The number of aromatic nitrogens is 4. The Morgan fingerprint density at radius 2 is 1.50 bits per heavy atom. The molecule has 0 bridgehead atoms. The Labute approximate surface area is 334 Å². The molecular formula is C43H48N8O7. The van der Waals surface area contributed by atoms with Gasteiger partial charge in [0.05, 0.1) is 60.5 Å². The van der Waals surface area contributed by atoms with E-state index in [9.17, 15) is 24.0 Å². The highest BCUT2D eigenvalue weighted by Gasteiger charge is 2.39. The molecule has 1 aliphatic carbocycles. The van der Waals surface area contributed by atoms with Crippen molar-refractivity contribution in [1.29, 1.82) is 0 Å². The van der Waals surface area contributed by atoms with Crippen LogP contribution in [0.5, 0.6) is 11.5 Å². The number of amides is 3. The molecule has 5 aromatic rings. The number of hydrogen-bond acceptors (Lipinski definition) is 10. The summed E-state index contributed by atoms with van der Waals surface area (Å²) < 4.78 is 16.7. The van der Waals surface area contributed by atoms with Crippen molar-refractivity contribution in [2.75, 3.05) is 51.8 Å². The zero-order valence-corrected chi connectivity index (χ0v) is 33.3. The molecule has 4 fully saturated rings. The number of carbonyl (C=O) groups is 3. The maximum atomic E-state index is 14.4. The molecule has 0 spiro atoms. The number of aryl methyl sites for hydroxylation is 2. The summed E-state index contributed by atoms with van der Waals surface area (Å²) in [6, 6.07) is 12.6. The average Bonchev–Trinajstić information content (AvgIpc) is 4.04. The second-order valence-electron chi connectivity index (χ2n) is 16.1. The van der Waals surface area contributed by atoms with Crippen molar-refractivity contribution in [1.82, 2.24) is 33.8 Å². The van der Waals surface area contributed by atoms with Crippen molar-refractivity contribution < 1.29 is 23.9 Å². The number of imide groups is 1. The zero-order valence-electron chi connectivity index (χ0n) is 33.3. The van der Waals surface area contributed by atoms with Gasteiger partial charge in [0.15, 0.2) is 0 Å². The van der Waals surface area contributed by atoms with E-state index in [-0.39, 0.29) is 54.4 Å². The number of nitrogens with one attached hydrogen (secondary N) is 1. The zero-order chi connectivity index (χ0) is 40.4. The minimum Gasteiger partial charge on any atom is -0.496 e. The lowest BCUT2D eigenvalue weighted by Gasteiger charge is -2.45. The fourth-order valence-corrected chi connectivity index (χ4v) is 9.61. The van der Waals surface area contributed by atoms with Gasteiger partial charge in [0.2, 0.25) is 17.7 Å².